The largest absolute Gasteiger partial charge is 0.383 e. The van der Waals surface area contributed by atoms with Gasteiger partial charge in [0.15, 0.2) is 5.69 Å². The van der Waals surface area contributed by atoms with Crippen molar-refractivity contribution in [3.8, 4) is 0 Å². The quantitative estimate of drug-likeness (QED) is 0.578. The third kappa shape index (κ3) is 5.07. The summed E-state index contributed by atoms with van der Waals surface area (Å²) >= 11 is 1.51. The van der Waals surface area contributed by atoms with Gasteiger partial charge in [0.05, 0.1) is 13.0 Å². The zero-order chi connectivity index (χ0) is 21.7. The third-order valence-electron chi connectivity index (χ3n) is 4.83. The van der Waals surface area contributed by atoms with Crippen LogP contribution in [0.2, 0.25) is 0 Å². The first kappa shape index (κ1) is 21.6. The molecule has 8 heteroatoms. The fourth-order valence-corrected chi connectivity index (χ4v) is 3.84. The van der Waals surface area contributed by atoms with Crippen LogP contribution in [0.25, 0.3) is 0 Å². The highest BCUT2D eigenvalue weighted by atomic mass is 32.1. The molecule has 0 spiro atoms. The van der Waals surface area contributed by atoms with E-state index in [9.17, 15) is 14.4 Å². The van der Waals surface area contributed by atoms with E-state index in [2.05, 4.69) is 4.98 Å². The van der Waals surface area contributed by atoms with Crippen molar-refractivity contribution in [1.82, 2.24) is 9.55 Å². The van der Waals surface area contributed by atoms with Gasteiger partial charge in [0, 0.05) is 6.54 Å². The van der Waals surface area contributed by atoms with Crippen molar-refractivity contribution in [3.63, 3.8) is 0 Å². The number of amides is 1. The van der Waals surface area contributed by atoms with Crippen LogP contribution in [0, 0.1) is 5.92 Å². The van der Waals surface area contributed by atoms with Gasteiger partial charge in [0.1, 0.15) is 5.82 Å². The fourth-order valence-electron chi connectivity index (χ4n) is 3.17. The number of carbonyl (C=O) groups is 1. The van der Waals surface area contributed by atoms with Crippen LogP contribution in [0.1, 0.15) is 31.4 Å². The predicted molar refractivity (Wildman–Crippen MR) is 121 cm³/mol. The molecule has 1 amide bonds. The molecule has 2 heterocycles. The normalized spacial score (nSPS) is 11.0. The minimum atomic E-state index is -0.649. The molecule has 7 nitrogen and oxygen atoms in total. The van der Waals surface area contributed by atoms with Crippen molar-refractivity contribution in [1.29, 1.82) is 0 Å². The smallest absolute Gasteiger partial charge is 0.330 e. The molecule has 2 aromatic heterocycles. The molecular formula is C22H26N4O3S. The summed E-state index contributed by atoms with van der Waals surface area (Å²) in [5.41, 5.74) is 6.83. The van der Waals surface area contributed by atoms with E-state index in [4.69, 9.17) is 5.73 Å². The second kappa shape index (κ2) is 9.58. The molecule has 0 saturated carbocycles. The van der Waals surface area contributed by atoms with Gasteiger partial charge >= 0.3 is 5.69 Å². The van der Waals surface area contributed by atoms with Crippen molar-refractivity contribution >= 4 is 28.7 Å². The molecule has 0 fully saturated rings. The number of aromatic nitrogens is 2. The van der Waals surface area contributed by atoms with Gasteiger partial charge in [-0.05, 0) is 40.3 Å². The van der Waals surface area contributed by atoms with Crippen LogP contribution >= 0.6 is 11.3 Å². The Kier molecular flexibility index (Phi) is 6.89. The van der Waals surface area contributed by atoms with Crippen LogP contribution < -0.4 is 21.9 Å². The summed E-state index contributed by atoms with van der Waals surface area (Å²) < 4.78 is 1.30. The average Bonchev–Trinajstić information content (AvgIpc) is 3.21. The Balaban J connectivity index is 2.02. The summed E-state index contributed by atoms with van der Waals surface area (Å²) in [6.07, 6.45) is 0.865. The van der Waals surface area contributed by atoms with Crippen LogP contribution in [-0.2, 0) is 17.8 Å². The van der Waals surface area contributed by atoms with E-state index in [0.29, 0.717) is 18.9 Å². The predicted octanol–water partition coefficient (Wildman–Crippen LogP) is 2.85. The Morgan fingerprint density at radius 3 is 2.53 bits per heavy atom. The zero-order valence-corrected chi connectivity index (χ0v) is 17.9. The molecule has 0 atom stereocenters. The van der Waals surface area contributed by atoms with E-state index in [1.807, 2.05) is 61.0 Å². The summed E-state index contributed by atoms with van der Waals surface area (Å²) in [5.74, 6) is 0.100. The Morgan fingerprint density at radius 1 is 1.17 bits per heavy atom. The van der Waals surface area contributed by atoms with Crippen LogP contribution in [0.4, 0.5) is 11.5 Å². The second-order valence-corrected chi connectivity index (χ2v) is 8.38. The van der Waals surface area contributed by atoms with Crippen molar-refractivity contribution in [2.45, 2.75) is 33.2 Å². The number of carbonyl (C=O) groups excluding carboxylic acids is 1. The number of nitrogen functional groups attached to an aromatic ring is 1. The number of nitrogens with one attached hydrogen (secondary N) is 1. The highest BCUT2D eigenvalue weighted by Gasteiger charge is 2.24. The Morgan fingerprint density at radius 2 is 1.90 bits per heavy atom. The van der Waals surface area contributed by atoms with Crippen LogP contribution in [0.5, 0.6) is 0 Å². The van der Waals surface area contributed by atoms with E-state index >= 15 is 0 Å². The number of rotatable bonds is 8. The molecule has 0 unspecified atom stereocenters. The number of nitrogens with two attached hydrogens (primary N) is 1. The first-order valence-electron chi connectivity index (χ1n) is 9.84. The molecule has 0 aliphatic rings. The van der Waals surface area contributed by atoms with Gasteiger partial charge in [-0.25, -0.2) is 4.79 Å². The van der Waals surface area contributed by atoms with Crippen LogP contribution in [-0.4, -0.2) is 22.0 Å². The van der Waals surface area contributed by atoms with Gasteiger partial charge in [-0.15, -0.1) is 0 Å². The molecule has 3 aromatic rings. The summed E-state index contributed by atoms with van der Waals surface area (Å²) in [6, 6.07) is 11.2. The lowest BCUT2D eigenvalue weighted by Crippen LogP contribution is -2.42. The monoisotopic (exact) mass is 426 g/mol. The summed E-state index contributed by atoms with van der Waals surface area (Å²) in [5, 5.41) is 3.81. The van der Waals surface area contributed by atoms with E-state index in [1.165, 1.54) is 20.8 Å². The Bertz CT molecular complexity index is 1100. The lowest BCUT2D eigenvalue weighted by atomic mass is 10.1. The number of hydrogen-bond acceptors (Lipinski definition) is 5. The maximum atomic E-state index is 13.1. The van der Waals surface area contributed by atoms with Gasteiger partial charge < -0.3 is 10.6 Å². The summed E-state index contributed by atoms with van der Waals surface area (Å²) in [7, 11) is 0. The van der Waals surface area contributed by atoms with Crippen LogP contribution in [0.3, 0.4) is 0 Å². The van der Waals surface area contributed by atoms with E-state index in [0.717, 1.165) is 11.1 Å². The molecule has 1 aromatic carbocycles. The van der Waals surface area contributed by atoms with E-state index < -0.39 is 11.2 Å². The molecule has 0 radical (unpaired) electrons. The molecule has 0 bridgehead atoms. The Hall–Kier alpha value is -3.13. The SMILES string of the molecule is CC(C)CCN(C(=O)Cc1ccsc1)c1c(N)n(Cc2ccccc2)c(=O)[nH]c1=O. The van der Waals surface area contributed by atoms with Crippen molar-refractivity contribution in [3.05, 3.63) is 79.1 Å². The molecular weight excluding hydrogens is 400 g/mol. The zero-order valence-electron chi connectivity index (χ0n) is 17.1. The number of benzene rings is 1. The fraction of sp³-hybridized carbons (Fsp3) is 0.318. The molecule has 3 rings (SSSR count). The maximum absolute atomic E-state index is 13.1. The second-order valence-electron chi connectivity index (χ2n) is 7.60. The molecule has 0 saturated heterocycles. The highest BCUT2D eigenvalue weighted by Crippen LogP contribution is 2.21. The number of H-pyrrole nitrogens is 1. The van der Waals surface area contributed by atoms with Crippen LogP contribution in [0.15, 0.2) is 56.7 Å². The summed E-state index contributed by atoms with van der Waals surface area (Å²) in [4.78, 5) is 42.0. The topological polar surface area (TPSA) is 101 Å². The van der Waals surface area contributed by atoms with E-state index in [-0.39, 0.29) is 30.4 Å². The van der Waals surface area contributed by atoms with Gasteiger partial charge in [-0.2, -0.15) is 11.3 Å². The number of thiophene rings is 1. The molecule has 0 aliphatic heterocycles. The first-order valence-corrected chi connectivity index (χ1v) is 10.8. The number of aromatic amines is 1. The van der Waals surface area contributed by atoms with Crippen molar-refractivity contribution in [2.24, 2.45) is 5.92 Å². The number of hydrogen-bond donors (Lipinski definition) is 2. The number of anilines is 2. The molecule has 0 aliphatic carbocycles. The average molecular weight is 427 g/mol. The highest BCUT2D eigenvalue weighted by molar-refractivity contribution is 7.08. The minimum Gasteiger partial charge on any atom is -0.383 e. The lowest BCUT2D eigenvalue weighted by molar-refractivity contribution is -0.118. The summed E-state index contributed by atoms with van der Waals surface area (Å²) in [6.45, 7) is 4.64. The minimum absolute atomic E-state index is 0.00460. The van der Waals surface area contributed by atoms with Gasteiger partial charge in [-0.1, -0.05) is 44.2 Å². The maximum Gasteiger partial charge on any atom is 0.330 e. The Labute approximate surface area is 178 Å². The van der Waals surface area contributed by atoms with E-state index in [1.54, 1.807) is 0 Å². The third-order valence-corrected chi connectivity index (χ3v) is 5.57. The van der Waals surface area contributed by atoms with Crippen molar-refractivity contribution < 1.29 is 4.79 Å². The molecule has 158 valence electrons. The molecule has 3 N–H and O–H groups in total. The number of nitrogens with zero attached hydrogens (tertiary/aromatic N) is 2. The van der Waals surface area contributed by atoms with Gasteiger partial charge in [0.2, 0.25) is 5.91 Å². The van der Waals surface area contributed by atoms with Gasteiger partial charge in [-0.3, -0.25) is 19.1 Å². The van der Waals surface area contributed by atoms with Crippen molar-refractivity contribution in [2.75, 3.05) is 17.2 Å². The molecule has 30 heavy (non-hydrogen) atoms. The first-order chi connectivity index (χ1) is 14.4. The lowest BCUT2D eigenvalue weighted by Gasteiger charge is -2.25. The standard InChI is InChI=1S/C22H26N4O3S/c1-15(2)8-10-25(18(27)12-17-9-11-30-14-17)19-20(23)26(22(29)24-21(19)28)13-16-6-4-3-5-7-16/h3-7,9,11,14-15H,8,10,12-13,23H2,1-2H3,(H,24,28,29). The van der Waals surface area contributed by atoms with Gasteiger partial charge in [0.25, 0.3) is 5.56 Å².